The molecule has 3 rings (SSSR count). The second kappa shape index (κ2) is 19.1. The lowest BCUT2D eigenvalue weighted by molar-refractivity contribution is -0.121. The molecule has 0 atom stereocenters. The summed E-state index contributed by atoms with van der Waals surface area (Å²) >= 11 is 0. The Labute approximate surface area is 273 Å². The first kappa shape index (κ1) is 39.4. The molecule has 0 radical (unpaired) electrons. The number of nitrogens with zero attached hydrogens (tertiary/aromatic N) is 2. The van der Waals surface area contributed by atoms with Gasteiger partial charge in [0.2, 0.25) is 5.91 Å². The lowest BCUT2D eigenvalue weighted by Gasteiger charge is -2.31. The summed E-state index contributed by atoms with van der Waals surface area (Å²) in [6.45, 7) is 22.0. The SMILES string of the molecule is C=C(/C=C/C=C1/N(C)c2ccccc2C1(C)C)C(C)(C)C1=C(C)CCC=C1.CC.CCCCCCC(=O)NC/C(N)=C\N(N)F. The van der Waals surface area contributed by atoms with Crippen LogP contribution in [0, 0.1) is 5.41 Å². The number of anilines is 1. The molecule has 7 heteroatoms. The Balaban J connectivity index is 0.000000484. The average Bonchev–Trinajstić information content (AvgIpc) is 3.19. The van der Waals surface area contributed by atoms with Crippen LogP contribution >= 0.6 is 0 Å². The zero-order valence-corrected chi connectivity index (χ0v) is 29.5. The Morgan fingerprint density at radius 3 is 2.47 bits per heavy atom. The van der Waals surface area contributed by atoms with E-state index in [1.54, 1.807) is 0 Å². The van der Waals surface area contributed by atoms with E-state index in [-0.39, 0.29) is 34.2 Å². The highest BCUT2D eigenvalue weighted by molar-refractivity contribution is 5.76. The highest BCUT2D eigenvalue weighted by Gasteiger charge is 2.37. The molecule has 1 aromatic carbocycles. The number of hydrazine groups is 1. The van der Waals surface area contributed by atoms with Gasteiger partial charge in [-0.15, -0.1) is 5.23 Å². The number of likely N-dealkylation sites (N-methyl/N-ethyl adjacent to an activating group) is 1. The summed E-state index contributed by atoms with van der Waals surface area (Å²) < 4.78 is 12.1. The van der Waals surface area contributed by atoms with Gasteiger partial charge in [-0.3, -0.25) is 4.79 Å². The molecule has 45 heavy (non-hydrogen) atoms. The Bertz CT molecular complexity index is 1270. The predicted molar refractivity (Wildman–Crippen MR) is 192 cm³/mol. The van der Waals surface area contributed by atoms with Crippen molar-refractivity contribution in [3.05, 3.63) is 101 Å². The van der Waals surface area contributed by atoms with Gasteiger partial charge < -0.3 is 16.0 Å². The minimum absolute atomic E-state index is 0.0117. The maximum absolute atomic E-state index is 12.1. The summed E-state index contributed by atoms with van der Waals surface area (Å²) in [4.78, 5) is 13.6. The van der Waals surface area contributed by atoms with Crippen molar-refractivity contribution < 1.29 is 9.28 Å². The Morgan fingerprint density at radius 1 is 1.20 bits per heavy atom. The van der Waals surface area contributed by atoms with E-state index >= 15 is 0 Å². The number of unbranched alkanes of at least 4 members (excludes halogenated alkanes) is 3. The fourth-order valence-electron chi connectivity index (χ4n) is 5.66. The normalized spacial score (nSPS) is 16.6. The summed E-state index contributed by atoms with van der Waals surface area (Å²) in [5.41, 5.74) is 13.6. The molecule has 0 fully saturated rings. The monoisotopic (exact) mass is 621 g/mol. The van der Waals surface area contributed by atoms with Crippen molar-refractivity contribution in [1.29, 1.82) is 0 Å². The summed E-state index contributed by atoms with van der Waals surface area (Å²) in [6.07, 6.45) is 19.1. The van der Waals surface area contributed by atoms with Gasteiger partial charge in [0.15, 0.2) is 0 Å². The van der Waals surface area contributed by atoms with Gasteiger partial charge in [-0.05, 0) is 55.0 Å². The van der Waals surface area contributed by atoms with Crippen LogP contribution in [0.4, 0.5) is 10.2 Å². The summed E-state index contributed by atoms with van der Waals surface area (Å²) in [7, 11) is 2.16. The van der Waals surface area contributed by atoms with Crippen LogP contribution in [0.15, 0.2) is 95.5 Å². The number of carbonyl (C=O) groups is 1. The smallest absolute Gasteiger partial charge is 0.220 e. The van der Waals surface area contributed by atoms with Gasteiger partial charge in [0, 0.05) is 41.4 Å². The van der Waals surface area contributed by atoms with Crippen LogP contribution in [0.5, 0.6) is 0 Å². The molecule has 2 aliphatic rings. The topological polar surface area (TPSA) is 87.6 Å². The highest BCUT2D eigenvalue weighted by Crippen LogP contribution is 2.46. The number of hydrogen-bond acceptors (Lipinski definition) is 5. The van der Waals surface area contributed by atoms with Gasteiger partial charge in [-0.1, -0.05) is 127 Å². The molecule has 0 aromatic heterocycles. The molecule has 1 aromatic rings. The lowest BCUT2D eigenvalue weighted by Crippen LogP contribution is -2.29. The highest BCUT2D eigenvalue weighted by atomic mass is 19.2. The molecule has 0 unspecified atom stereocenters. The molecule has 250 valence electrons. The zero-order chi connectivity index (χ0) is 34.2. The van der Waals surface area contributed by atoms with Crippen molar-refractivity contribution in [2.75, 3.05) is 18.5 Å². The van der Waals surface area contributed by atoms with Gasteiger partial charge in [0.05, 0.1) is 12.7 Å². The van der Waals surface area contributed by atoms with Crippen molar-refractivity contribution in [1.82, 2.24) is 10.5 Å². The van der Waals surface area contributed by atoms with Crippen molar-refractivity contribution in [3.63, 3.8) is 0 Å². The second-order valence-corrected chi connectivity index (χ2v) is 12.5. The second-order valence-electron chi connectivity index (χ2n) is 12.5. The van der Waals surface area contributed by atoms with E-state index in [2.05, 4.69) is 120 Å². The van der Waals surface area contributed by atoms with Gasteiger partial charge in [-0.2, -0.15) is 0 Å². The number of nitrogens with one attached hydrogen (secondary N) is 1. The first-order valence-corrected chi connectivity index (χ1v) is 16.4. The number of rotatable bonds is 12. The molecule has 1 aliphatic heterocycles. The van der Waals surface area contributed by atoms with Gasteiger partial charge in [-0.25, -0.2) is 5.84 Å². The van der Waals surface area contributed by atoms with Gasteiger partial charge in [0.25, 0.3) is 0 Å². The lowest BCUT2D eigenvalue weighted by atomic mass is 9.73. The molecular formula is C38H60FN5O. The summed E-state index contributed by atoms with van der Waals surface area (Å²) in [6, 6.07) is 8.69. The van der Waals surface area contributed by atoms with E-state index in [1.165, 1.54) is 28.1 Å². The zero-order valence-electron chi connectivity index (χ0n) is 29.5. The van der Waals surface area contributed by atoms with Crippen LogP contribution in [0.3, 0.4) is 0 Å². The maximum Gasteiger partial charge on any atom is 0.220 e. The first-order valence-electron chi connectivity index (χ1n) is 16.4. The van der Waals surface area contributed by atoms with Gasteiger partial charge >= 0.3 is 0 Å². The van der Waals surface area contributed by atoms with Crippen molar-refractivity contribution >= 4 is 11.6 Å². The number of carbonyl (C=O) groups excluding carboxylic acids is 1. The van der Waals surface area contributed by atoms with Crippen LogP contribution in [0.25, 0.3) is 0 Å². The largest absolute Gasteiger partial charge is 0.399 e. The van der Waals surface area contributed by atoms with E-state index in [4.69, 9.17) is 11.6 Å². The molecular weight excluding hydrogens is 561 g/mol. The molecule has 1 amide bonds. The molecule has 0 saturated carbocycles. The third kappa shape index (κ3) is 11.7. The molecule has 1 heterocycles. The Kier molecular flexibility index (Phi) is 16.7. The molecule has 1 aliphatic carbocycles. The van der Waals surface area contributed by atoms with E-state index in [0.717, 1.165) is 50.3 Å². The fourth-order valence-corrected chi connectivity index (χ4v) is 5.66. The number of allylic oxidation sites excluding steroid dienone is 9. The molecule has 0 saturated heterocycles. The van der Waals surface area contributed by atoms with E-state index in [9.17, 15) is 9.28 Å². The van der Waals surface area contributed by atoms with E-state index in [1.807, 2.05) is 13.8 Å². The third-order valence-corrected chi connectivity index (χ3v) is 8.43. The summed E-state index contributed by atoms with van der Waals surface area (Å²) in [5.74, 6) is 4.64. The Hall–Kier alpha value is -3.58. The van der Waals surface area contributed by atoms with E-state index in [0.29, 0.717) is 6.42 Å². The van der Waals surface area contributed by atoms with Gasteiger partial charge in [0.1, 0.15) is 0 Å². The van der Waals surface area contributed by atoms with Crippen LogP contribution in [-0.4, -0.2) is 24.7 Å². The number of halogens is 1. The minimum Gasteiger partial charge on any atom is -0.399 e. The van der Waals surface area contributed by atoms with Crippen molar-refractivity contribution in [2.24, 2.45) is 17.0 Å². The third-order valence-electron chi connectivity index (χ3n) is 8.43. The standard InChI is InChI=1S/C26H33N.C10H21FN4O.C2H6/c1-19-13-8-9-15-21(19)25(3,4)20(2)14-12-18-24-26(5,6)22-16-10-11-17-23(22)27(24)7;1-2-3-4-5-6-10(16)14-7-9(12)8-15(11)13;1-2/h9-12,14-18H,2,8,13H2,1,3-7H3;8H,2-7,12-13H2,1H3,(H,14,16);1-2H3/b14-12+,24-18+;9-8+;. The van der Waals surface area contributed by atoms with Crippen LogP contribution in [-0.2, 0) is 10.2 Å². The predicted octanol–water partition coefficient (Wildman–Crippen LogP) is 9.06. The number of hydrogen-bond donors (Lipinski definition) is 3. The maximum atomic E-state index is 12.1. The van der Waals surface area contributed by atoms with Crippen LogP contribution < -0.4 is 21.8 Å². The first-order chi connectivity index (χ1) is 21.2. The number of nitrogens with two attached hydrogens (primary N) is 2. The molecule has 5 N–H and O–H groups in total. The fraction of sp³-hybridized carbons (Fsp3) is 0.500. The van der Waals surface area contributed by atoms with Crippen molar-refractivity contribution in [3.8, 4) is 0 Å². The number of amides is 1. The van der Waals surface area contributed by atoms with Crippen LogP contribution in [0.1, 0.15) is 106 Å². The average molecular weight is 622 g/mol. The summed E-state index contributed by atoms with van der Waals surface area (Å²) in [5, 5.41) is 2.45. The molecule has 6 nitrogen and oxygen atoms in total. The van der Waals surface area contributed by atoms with E-state index < -0.39 is 0 Å². The Morgan fingerprint density at radius 2 is 1.87 bits per heavy atom. The van der Waals surface area contributed by atoms with Crippen molar-refractivity contribution in [2.45, 2.75) is 106 Å². The number of fused-ring (bicyclic) bond motifs is 1. The minimum atomic E-state index is -0.136. The number of benzene rings is 1. The number of para-hydroxylation sites is 1. The molecule has 0 spiro atoms. The quantitative estimate of drug-likeness (QED) is 0.0713. The molecule has 0 bridgehead atoms. The van der Waals surface area contributed by atoms with Crippen LogP contribution in [0.2, 0.25) is 0 Å².